The van der Waals surface area contributed by atoms with Gasteiger partial charge in [0.25, 0.3) is 5.56 Å². The number of aromatic nitrogens is 5. The number of anilines is 2. The number of pyridine rings is 1. The Labute approximate surface area is 196 Å². The van der Waals surface area contributed by atoms with Gasteiger partial charge in [-0.05, 0) is 6.07 Å². The number of rotatable bonds is 7. The molecule has 2 aliphatic rings. The van der Waals surface area contributed by atoms with E-state index in [1.165, 1.54) is 39.7 Å². The lowest BCUT2D eigenvalue weighted by atomic mass is 10.3. The molecule has 5 rings (SSSR count). The lowest BCUT2D eigenvalue weighted by molar-refractivity contribution is -0.113. The van der Waals surface area contributed by atoms with Gasteiger partial charge < -0.3 is 20.1 Å². The number of aryl methyl sites for hydroxylation is 1. The molecule has 176 valence electrons. The highest BCUT2D eigenvalue weighted by atomic mass is 32.2. The van der Waals surface area contributed by atoms with Crippen molar-refractivity contribution in [3.63, 3.8) is 0 Å². The van der Waals surface area contributed by atoms with Crippen molar-refractivity contribution >= 4 is 46.6 Å². The molecule has 3 aromatic heterocycles. The van der Waals surface area contributed by atoms with E-state index in [-0.39, 0.29) is 23.3 Å². The van der Waals surface area contributed by atoms with Crippen LogP contribution in [0.15, 0.2) is 34.3 Å². The van der Waals surface area contributed by atoms with Crippen molar-refractivity contribution in [3.05, 3.63) is 34.9 Å². The fourth-order valence-electron chi connectivity index (χ4n) is 3.47. The molecule has 0 saturated carbocycles. The van der Waals surface area contributed by atoms with E-state index in [0.29, 0.717) is 59.9 Å². The zero-order valence-corrected chi connectivity index (χ0v) is 18.9. The smallest absolute Gasteiger partial charge is 0.416 e. The number of hydrogen-bond acceptors (Lipinski definition) is 11. The SMILES string of the molecule is Cn1c(=O)ccc2ncc(OCCNC[C@@H]3CN(c4cnc5c(n4)NC(=O)CS5)C(=O)O3)nc21. The number of hydrogen-bond donors (Lipinski definition) is 2. The summed E-state index contributed by atoms with van der Waals surface area (Å²) < 4.78 is 12.4. The van der Waals surface area contributed by atoms with Crippen LogP contribution in [0.4, 0.5) is 16.4 Å². The second-order valence-corrected chi connectivity index (χ2v) is 8.50. The van der Waals surface area contributed by atoms with Crippen molar-refractivity contribution in [2.45, 2.75) is 11.1 Å². The highest BCUT2D eigenvalue weighted by Gasteiger charge is 2.34. The predicted octanol–water partition coefficient (Wildman–Crippen LogP) is 0.156. The topological polar surface area (TPSA) is 153 Å². The molecule has 2 amide bonds. The number of fused-ring (bicyclic) bond motifs is 2. The van der Waals surface area contributed by atoms with Crippen molar-refractivity contribution in [1.82, 2.24) is 29.8 Å². The van der Waals surface area contributed by atoms with Crippen LogP contribution in [-0.4, -0.2) is 74.6 Å². The maximum absolute atomic E-state index is 12.3. The fourth-order valence-corrected chi connectivity index (χ4v) is 4.17. The van der Waals surface area contributed by atoms with E-state index < -0.39 is 6.09 Å². The van der Waals surface area contributed by atoms with Crippen molar-refractivity contribution < 1.29 is 19.1 Å². The van der Waals surface area contributed by atoms with Gasteiger partial charge in [0, 0.05) is 26.2 Å². The standard InChI is InChI=1S/C20H20N8O5S/c1-27-16(30)3-2-12-18(27)26-15(8-22-12)32-5-4-21-6-11-9-28(20(31)33-11)13-7-23-19-17(24-13)25-14(29)10-34-19/h2-3,7-8,11,21H,4-6,9-10H2,1H3,(H,24,25,29)/t11-/m1/s1. The molecule has 13 nitrogen and oxygen atoms in total. The van der Waals surface area contributed by atoms with Crippen molar-refractivity contribution in [1.29, 1.82) is 0 Å². The number of ether oxygens (including phenoxy) is 2. The van der Waals surface area contributed by atoms with Crippen molar-refractivity contribution in [2.75, 3.05) is 42.2 Å². The van der Waals surface area contributed by atoms with Crippen LogP contribution in [0.5, 0.6) is 5.88 Å². The third-order valence-electron chi connectivity index (χ3n) is 5.17. The summed E-state index contributed by atoms with van der Waals surface area (Å²) in [6, 6.07) is 3.06. The molecule has 0 bridgehead atoms. The molecule has 1 fully saturated rings. The molecular formula is C20H20N8O5S. The Balaban J connectivity index is 1.11. The van der Waals surface area contributed by atoms with E-state index in [0.717, 1.165) is 0 Å². The van der Waals surface area contributed by atoms with E-state index in [9.17, 15) is 14.4 Å². The summed E-state index contributed by atoms with van der Waals surface area (Å²) >= 11 is 1.30. The zero-order chi connectivity index (χ0) is 23.7. The lowest BCUT2D eigenvalue weighted by Gasteiger charge is -2.17. The second kappa shape index (κ2) is 9.23. The Bertz CT molecular complexity index is 1330. The zero-order valence-electron chi connectivity index (χ0n) is 18.1. The first-order valence-electron chi connectivity index (χ1n) is 10.4. The third-order valence-corrected chi connectivity index (χ3v) is 6.15. The molecule has 5 heterocycles. The highest BCUT2D eigenvalue weighted by molar-refractivity contribution is 8.00. The van der Waals surface area contributed by atoms with Crippen LogP contribution in [0.25, 0.3) is 11.2 Å². The molecule has 0 unspecified atom stereocenters. The van der Waals surface area contributed by atoms with Gasteiger partial charge in [-0.1, -0.05) is 11.8 Å². The van der Waals surface area contributed by atoms with Crippen molar-refractivity contribution in [2.24, 2.45) is 7.05 Å². The number of cyclic esters (lactones) is 1. The Kier molecular flexibility index (Phi) is 5.98. The van der Waals surface area contributed by atoms with Gasteiger partial charge in [-0.2, -0.15) is 4.98 Å². The van der Waals surface area contributed by atoms with E-state index in [1.54, 1.807) is 13.1 Å². The Morgan fingerprint density at radius 2 is 2.12 bits per heavy atom. The van der Waals surface area contributed by atoms with Crippen LogP contribution in [-0.2, 0) is 16.6 Å². The van der Waals surface area contributed by atoms with Crippen LogP contribution < -0.4 is 25.8 Å². The van der Waals surface area contributed by atoms with Crippen molar-refractivity contribution in [3.8, 4) is 5.88 Å². The average molecular weight is 484 g/mol. The largest absolute Gasteiger partial charge is 0.475 e. The van der Waals surface area contributed by atoms with Crippen LogP contribution in [0, 0.1) is 0 Å². The molecule has 34 heavy (non-hydrogen) atoms. The minimum absolute atomic E-state index is 0.157. The predicted molar refractivity (Wildman–Crippen MR) is 122 cm³/mol. The monoisotopic (exact) mass is 484 g/mol. The third kappa shape index (κ3) is 4.49. The number of nitrogens with zero attached hydrogens (tertiary/aromatic N) is 6. The summed E-state index contributed by atoms with van der Waals surface area (Å²) in [6.45, 7) is 1.49. The van der Waals surface area contributed by atoms with Gasteiger partial charge in [-0.25, -0.2) is 19.7 Å². The van der Waals surface area contributed by atoms with E-state index >= 15 is 0 Å². The normalized spacial score (nSPS) is 17.4. The summed E-state index contributed by atoms with van der Waals surface area (Å²) in [7, 11) is 1.63. The number of carbonyl (C=O) groups excluding carboxylic acids is 2. The van der Waals surface area contributed by atoms with Crippen LogP contribution in [0.3, 0.4) is 0 Å². The molecule has 14 heteroatoms. The summed E-state index contributed by atoms with van der Waals surface area (Å²) in [5.74, 6) is 1.11. The molecular weight excluding hydrogens is 464 g/mol. The van der Waals surface area contributed by atoms with Gasteiger partial charge in [-0.15, -0.1) is 0 Å². The molecule has 2 aliphatic heterocycles. The van der Waals surface area contributed by atoms with Gasteiger partial charge in [0.1, 0.15) is 23.3 Å². The fraction of sp³-hybridized carbons (Fsp3) is 0.350. The summed E-state index contributed by atoms with van der Waals surface area (Å²) in [6.07, 6.45) is 2.09. The molecule has 1 saturated heterocycles. The van der Waals surface area contributed by atoms with Crippen LogP contribution in [0.2, 0.25) is 0 Å². The minimum atomic E-state index is -0.524. The summed E-state index contributed by atoms with van der Waals surface area (Å²) in [4.78, 5) is 54.2. The highest BCUT2D eigenvalue weighted by Crippen LogP contribution is 2.30. The first kappa shape index (κ1) is 22.0. The van der Waals surface area contributed by atoms with Gasteiger partial charge >= 0.3 is 6.09 Å². The van der Waals surface area contributed by atoms with E-state index in [2.05, 4.69) is 30.6 Å². The average Bonchev–Trinajstić information content (AvgIpc) is 3.21. The lowest BCUT2D eigenvalue weighted by Crippen LogP contribution is -2.33. The Hall–Kier alpha value is -3.78. The second-order valence-electron chi connectivity index (χ2n) is 7.54. The summed E-state index contributed by atoms with van der Waals surface area (Å²) in [5.41, 5.74) is 0.870. The number of nitrogens with one attached hydrogen (secondary N) is 2. The molecule has 0 aromatic carbocycles. The number of carbonyl (C=O) groups is 2. The maximum atomic E-state index is 12.3. The maximum Gasteiger partial charge on any atom is 0.416 e. The molecule has 1 atom stereocenters. The van der Waals surface area contributed by atoms with E-state index in [4.69, 9.17) is 9.47 Å². The van der Waals surface area contributed by atoms with Gasteiger partial charge in [-0.3, -0.25) is 19.1 Å². The minimum Gasteiger partial charge on any atom is -0.475 e. The Morgan fingerprint density at radius 3 is 3.00 bits per heavy atom. The molecule has 3 aromatic rings. The summed E-state index contributed by atoms with van der Waals surface area (Å²) in [5, 5.41) is 6.46. The number of amides is 2. The first-order valence-corrected chi connectivity index (χ1v) is 11.4. The van der Waals surface area contributed by atoms with Gasteiger partial charge in [0.2, 0.25) is 11.8 Å². The Morgan fingerprint density at radius 1 is 1.24 bits per heavy atom. The molecule has 0 spiro atoms. The number of thioether (sulfide) groups is 1. The first-order chi connectivity index (χ1) is 16.5. The quantitative estimate of drug-likeness (QED) is 0.441. The van der Waals surface area contributed by atoms with E-state index in [1.807, 2.05) is 0 Å². The van der Waals surface area contributed by atoms with Crippen LogP contribution in [0.1, 0.15) is 0 Å². The molecule has 0 radical (unpaired) electrons. The molecule has 0 aliphatic carbocycles. The van der Waals surface area contributed by atoms with Crippen LogP contribution >= 0.6 is 11.8 Å². The van der Waals surface area contributed by atoms with Gasteiger partial charge in [0.15, 0.2) is 17.3 Å². The molecule has 2 N–H and O–H groups in total. The van der Waals surface area contributed by atoms with Gasteiger partial charge in [0.05, 0.1) is 24.7 Å².